The number of carbonyl (C=O) groups is 1. The summed E-state index contributed by atoms with van der Waals surface area (Å²) in [5, 5.41) is 6.11. The average Bonchev–Trinajstić information content (AvgIpc) is 2.84. The zero-order chi connectivity index (χ0) is 14.1. The quantitative estimate of drug-likeness (QED) is 0.663. The Kier molecular flexibility index (Phi) is 7.22. The number of hydrogen-bond acceptors (Lipinski definition) is 3. The molecule has 0 spiro atoms. The van der Waals surface area contributed by atoms with Gasteiger partial charge in [-0.2, -0.15) is 0 Å². The number of carbonyl (C=O) groups excluding carboxylic acids is 1. The molecule has 5 nitrogen and oxygen atoms in total. The molecule has 0 saturated carbocycles. The number of ether oxygens (including phenoxy) is 1. The lowest BCUT2D eigenvalue weighted by Gasteiger charge is -2.13. The molecule has 1 aromatic rings. The van der Waals surface area contributed by atoms with Gasteiger partial charge in [0.2, 0.25) is 5.91 Å². The van der Waals surface area contributed by atoms with Crippen LogP contribution >= 0.6 is 0 Å². The van der Waals surface area contributed by atoms with E-state index in [1.807, 2.05) is 24.0 Å². The zero-order valence-corrected chi connectivity index (χ0v) is 12.1. The second-order valence-electron chi connectivity index (χ2n) is 4.59. The van der Waals surface area contributed by atoms with Crippen LogP contribution < -0.4 is 10.6 Å². The van der Waals surface area contributed by atoms with Gasteiger partial charge in [0.1, 0.15) is 6.54 Å². The summed E-state index contributed by atoms with van der Waals surface area (Å²) >= 11 is 0. The first-order valence-corrected chi connectivity index (χ1v) is 6.79. The molecule has 1 aromatic heterocycles. The number of amides is 1. The largest absolute Gasteiger partial charge is 0.383 e. The fraction of sp³-hybridized carbons (Fsp3) is 0.643. The fourth-order valence-electron chi connectivity index (χ4n) is 2.04. The van der Waals surface area contributed by atoms with Gasteiger partial charge in [-0.25, -0.2) is 0 Å². The van der Waals surface area contributed by atoms with Crippen LogP contribution in [0, 0.1) is 0 Å². The Morgan fingerprint density at radius 1 is 1.53 bits per heavy atom. The van der Waals surface area contributed by atoms with Crippen LogP contribution in [-0.2, 0) is 16.1 Å². The average molecular weight is 267 g/mol. The van der Waals surface area contributed by atoms with Crippen LogP contribution in [0.4, 0.5) is 0 Å². The highest BCUT2D eigenvalue weighted by molar-refractivity contribution is 5.75. The maximum absolute atomic E-state index is 11.7. The Bertz CT molecular complexity index is 377. The van der Waals surface area contributed by atoms with E-state index in [0.717, 1.165) is 12.8 Å². The van der Waals surface area contributed by atoms with Crippen molar-refractivity contribution in [1.82, 2.24) is 15.2 Å². The summed E-state index contributed by atoms with van der Waals surface area (Å²) in [6.07, 6.45) is 6.21. The lowest BCUT2D eigenvalue weighted by atomic mass is 10.1. The van der Waals surface area contributed by atoms with Gasteiger partial charge < -0.3 is 19.9 Å². The zero-order valence-electron chi connectivity index (χ0n) is 12.1. The first-order chi connectivity index (χ1) is 9.21. The molecule has 19 heavy (non-hydrogen) atoms. The molecule has 1 atom stereocenters. The SMILES string of the molecule is CCCC(NC)c1ccn(CC(=O)NCCOC)c1. The molecule has 0 fully saturated rings. The van der Waals surface area contributed by atoms with Crippen LogP contribution in [0.5, 0.6) is 0 Å². The highest BCUT2D eigenvalue weighted by Gasteiger charge is 2.10. The molecule has 0 aliphatic heterocycles. The number of nitrogens with zero attached hydrogens (tertiary/aromatic N) is 1. The van der Waals surface area contributed by atoms with Gasteiger partial charge in [0.25, 0.3) is 0 Å². The second kappa shape index (κ2) is 8.72. The Labute approximate surface area is 115 Å². The van der Waals surface area contributed by atoms with Crippen molar-refractivity contribution >= 4 is 5.91 Å². The molecule has 0 saturated heterocycles. The van der Waals surface area contributed by atoms with E-state index in [2.05, 4.69) is 23.6 Å². The molecule has 5 heteroatoms. The van der Waals surface area contributed by atoms with E-state index in [-0.39, 0.29) is 5.91 Å². The molecule has 0 aliphatic carbocycles. The Morgan fingerprint density at radius 3 is 2.95 bits per heavy atom. The molecule has 0 radical (unpaired) electrons. The maximum Gasteiger partial charge on any atom is 0.239 e. The van der Waals surface area contributed by atoms with E-state index >= 15 is 0 Å². The molecular formula is C14H25N3O2. The highest BCUT2D eigenvalue weighted by atomic mass is 16.5. The first kappa shape index (κ1) is 15.7. The van der Waals surface area contributed by atoms with E-state index in [1.54, 1.807) is 7.11 Å². The van der Waals surface area contributed by atoms with Crippen molar-refractivity contribution in [2.24, 2.45) is 0 Å². The smallest absolute Gasteiger partial charge is 0.239 e. The van der Waals surface area contributed by atoms with Crippen LogP contribution in [0.15, 0.2) is 18.5 Å². The summed E-state index contributed by atoms with van der Waals surface area (Å²) in [4.78, 5) is 11.7. The lowest BCUT2D eigenvalue weighted by molar-refractivity contribution is -0.121. The van der Waals surface area contributed by atoms with E-state index in [4.69, 9.17) is 4.74 Å². The molecule has 0 bridgehead atoms. The van der Waals surface area contributed by atoms with Gasteiger partial charge in [0.05, 0.1) is 6.61 Å². The molecule has 1 rings (SSSR count). The standard InChI is InChI=1S/C14H25N3O2/c1-4-5-13(15-2)12-6-8-17(10-12)11-14(18)16-7-9-19-3/h6,8,10,13,15H,4-5,7,9,11H2,1-3H3,(H,16,18). The third-order valence-electron chi connectivity index (χ3n) is 3.06. The van der Waals surface area contributed by atoms with Gasteiger partial charge in [0.15, 0.2) is 0 Å². The van der Waals surface area contributed by atoms with Crippen LogP contribution in [0.3, 0.4) is 0 Å². The normalized spacial score (nSPS) is 12.4. The Hall–Kier alpha value is -1.33. The van der Waals surface area contributed by atoms with Gasteiger partial charge >= 0.3 is 0 Å². The topological polar surface area (TPSA) is 55.3 Å². The van der Waals surface area contributed by atoms with Crippen LogP contribution in [0.25, 0.3) is 0 Å². The third-order valence-corrected chi connectivity index (χ3v) is 3.06. The van der Waals surface area contributed by atoms with Crippen LogP contribution in [0.1, 0.15) is 31.4 Å². The molecule has 2 N–H and O–H groups in total. The number of rotatable bonds is 9. The van der Waals surface area contributed by atoms with Crippen molar-refractivity contribution in [2.75, 3.05) is 27.3 Å². The molecular weight excluding hydrogens is 242 g/mol. The van der Waals surface area contributed by atoms with Crippen LogP contribution in [-0.4, -0.2) is 37.8 Å². The van der Waals surface area contributed by atoms with E-state index in [1.165, 1.54) is 5.56 Å². The van der Waals surface area contributed by atoms with Crippen molar-refractivity contribution in [3.8, 4) is 0 Å². The predicted octanol–water partition coefficient (Wildman–Crippen LogP) is 1.31. The summed E-state index contributed by atoms with van der Waals surface area (Å²) in [5.74, 6) is 0.00991. The summed E-state index contributed by atoms with van der Waals surface area (Å²) in [7, 11) is 3.59. The van der Waals surface area contributed by atoms with Crippen molar-refractivity contribution in [3.05, 3.63) is 24.0 Å². The fourth-order valence-corrected chi connectivity index (χ4v) is 2.04. The minimum Gasteiger partial charge on any atom is -0.383 e. The Balaban J connectivity index is 2.47. The lowest BCUT2D eigenvalue weighted by Crippen LogP contribution is -2.30. The summed E-state index contributed by atoms with van der Waals surface area (Å²) in [6, 6.07) is 2.43. The van der Waals surface area contributed by atoms with E-state index < -0.39 is 0 Å². The van der Waals surface area contributed by atoms with Gasteiger partial charge in [-0.1, -0.05) is 13.3 Å². The molecule has 108 valence electrons. The number of methoxy groups -OCH3 is 1. The van der Waals surface area contributed by atoms with E-state index in [9.17, 15) is 4.79 Å². The first-order valence-electron chi connectivity index (χ1n) is 6.79. The van der Waals surface area contributed by atoms with Crippen molar-refractivity contribution in [3.63, 3.8) is 0 Å². The van der Waals surface area contributed by atoms with Crippen LogP contribution in [0.2, 0.25) is 0 Å². The summed E-state index contributed by atoms with van der Waals surface area (Å²) in [6.45, 7) is 3.62. The maximum atomic E-state index is 11.7. The monoisotopic (exact) mass is 267 g/mol. The highest BCUT2D eigenvalue weighted by Crippen LogP contribution is 2.18. The number of nitrogens with one attached hydrogen (secondary N) is 2. The van der Waals surface area contributed by atoms with Crippen molar-refractivity contribution in [1.29, 1.82) is 0 Å². The molecule has 1 heterocycles. The number of hydrogen-bond donors (Lipinski definition) is 2. The van der Waals surface area contributed by atoms with Crippen molar-refractivity contribution in [2.45, 2.75) is 32.4 Å². The summed E-state index contributed by atoms with van der Waals surface area (Å²) in [5.41, 5.74) is 1.23. The Morgan fingerprint density at radius 2 is 2.32 bits per heavy atom. The summed E-state index contributed by atoms with van der Waals surface area (Å²) < 4.78 is 6.80. The van der Waals surface area contributed by atoms with Crippen molar-refractivity contribution < 1.29 is 9.53 Å². The molecule has 1 unspecified atom stereocenters. The molecule has 1 amide bonds. The number of aromatic nitrogens is 1. The van der Waals surface area contributed by atoms with Gasteiger partial charge in [-0.3, -0.25) is 4.79 Å². The van der Waals surface area contributed by atoms with Gasteiger partial charge in [0, 0.05) is 32.1 Å². The van der Waals surface area contributed by atoms with Gasteiger partial charge in [-0.15, -0.1) is 0 Å². The van der Waals surface area contributed by atoms with Gasteiger partial charge in [-0.05, 0) is 25.1 Å². The molecule has 0 aromatic carbocycles. The third kappa shape index (κ3) is 5.44. The second-order valence-corrected chi connectivity index (χ2v) is 4.59. The minimum atomic E-state index is 0.00991. The molecule has 0 aliphatic rings. The minimum absolute atomic E-state index is 0.00991. The van der Waals surface area contributed by atoms with E-state index in [0.29, 0.717) is 25.7 Å². The predicted molar refractivity (Wildman–Crippen MR) is 76.0 cm³/mol.